The zero-order valence-corrected chi connectivity index (χ0v) is 13.2. The van der Waals surface area contributed by atoms with Crippen molar-refractivity contribution in [2.24, 2.45) is 0 Å². The van der Waals surface area contributed by atoms with Gasteiger partial charge >= 0.3 is 0 Å². The van der Waals surface area contributed by atoms with Gasteiger partial charge in [-0.25, -0.2) is 16.8 Å². The number of para-hydroxylation sites is 1. The molecular weight excluding hydrogens is 314 g/mol. The Hall–Kier alpha value is -1.41. The molecule has 0 aromatic heterocycles. The highest BCUT2D eigenvalue weighted by atomic mass is 32.2. The SMILES string of the molecule is CC(=O)c1ccccc1NS(=O)(=O)C1CCS(=O)(=O)CC1. The largest absolute Gasteiger partial charge is 0.294 e. The first kappa shape index (κ1) is 16.0. The third-order valence-electron chi connectivity index (χ3n) is 3.50. The van der Waals surface area contributed by atoms with Crippen molar-refractivity contribution in [1.82, 2.24) is 0 Å². The number of nitrogens with one attached hydrogen (secondary N) is 1. The first-order valence-corrected chi connectivity index (χ1v) is 9.90. The van der Waals surface area contributed by atoms with Crippen molar-refractivity contribution < 1.29 is 21.6 Å². The molecule has 1 saturated heterocycles. The van der Waals surface area contributed by atoms with Crippen LogP contribution in [-0.4, -0.2) is 39.4 Å². The Morgan fingerprint density at radius 3 is 2.33 bits per heavy atom. The minimum atomic E-state index is -3.71. The van der Waals surface area contributed by atoms with Crippen LogP contribution in [0.1, 0.15) is 30.1 Å². The fraction of sp³-hybridized carbons (Fsp3) is 0.462. The molecule has 0 unspecified atom stereocenters. The van der Waals surface area contributed by atoms with E-state index in [0.717, 1.165) is 0 Å². The van der Waals surface area contributed by atoms with Crippen molar-refractivity contribution >= 4 is 31.3 Å². The van der Waals surface area contributed by atoms with Crippen molar-refractivity contribution in [2.75, 3.05) is 16.2 Å². The molecule has 1 aromatic carbocycles. The second-order valence-corrected chi connectivity index (χ2v) is 9.36. The third kappa shape index (κ3) is 3.82. The Bertz CT molecular complexity index is 739. The van der Waals surface area contributed by atoms with Gasteiger partial charge < -0.3 is 0 Å². The number of benzene rings is 1. The summed E-state index contributed by atoms with van der Waals surface area (Å²) in [7, 11) is -6.83. The predicted octanol–water partition coefficient (Wildman–Crippen LogP) is 1.21. The summed E-state index contributed by atoms with van der Waals surface area (Å²) < 4.78 is 49.8. The maximum atomic E-state index is 12.3. The molecule has 1 aliphatic heterocycles. The molecule has 2 rings (SSSR count). The van der Waals surface area contributed by atoms with Gasteiger partial charge in [0.1, 0.15) is 9.84 Å². The Morgan fingerprint density at radius 2 is 1.76 bits per heavy atom. The van der Waals surface area contributed by atoms with E-state index in [2.05, 4.69) is 4.72 Å². The van der Waals surface area contributed by atoms with Gasteiger partial charge in [-0.1, -0.05) is 12.1 Å². The van der Waals surface area contributed by atoms with E-state index in [1.54, 1.807) is 18.2 Å². The zero-order valence-electron chi connectivity index (χ0n) is 11.6. The van der Waals surface area contributed by atoms with Crippen molar-refractivity contribution in [3.8, 4) is 0 Å². The number of ketones is 1. The molecule has 6 nitrogen and oxygen atoms in total. The van der Waals surface area contributed by atoms with Gasteiger partial charge in [0.2, 0.25) is 10.0 Å². The van der Waals surface area contributed by atoms with Gasteiger partial charge in [-0.15, -0.1) is 0 Å². The van der Waals surface area contributed by atoms with Crippen molar-refractivity contribution in [3.63, 3.8) is 0 Å². The quantitative estimate of drug-likeness (QED) is 0.836. The number of rotatable bonds is 4. The van der Waals surface area contributed by atoms with E-state index < -0.39 is 25.1 Å². The maximum Gasteiger partial charge on any atom is 0.235 e. The van der Waals surface area contributed by atoms with Crippen LogP contribution in [0.4, 0.5) is 5.69 Å². The lowest BCUT2D eigenvalue weighted by molar-refractivity contribution is 0.101. The van der Waals surface area contributed by atoms with Gasteiger partial charge in [0.05, 0.1) is 22.4 Å². The minimum absolute atomic E-state index is 0.0832. The average molecular weight is 331 g/mol. The Balaban J connectivity index is 2.21. The molecule has 0 spiro atoms. The molecule has 1 fully saturated rings. The number of carbonyl (C=O) groups is 1. The molecule has 0 aliphatic carbocycles. The summed E-state index contributed by atoms with van der Waals surface area (Å²) >= 11 is 0. The number of hydrogen-bond acceptors (Lipinski definition) is 5. The molecular formula is C13H17NO5S2. The molecule has 1 heterocycles. The summed E-state index contributed by atoms with van der Waals surface area (Å²) in [6, 6.07) is 6.36. The number of Topliss-reactive ketones (excluding diaryl/α,β-unsaturated/α-hetero) is 1. The average Bonchev–Trinajstić information content (AvgIpc) is 2.38. The number of sulfonamides is 1. The fourth-order valence-corrected chi connectivity index (χ4v) is 5.59. The smallest absolute Gasteiger partial charge is 0.235 e. The number of sulfone groups is 1. The summed E-state index contributed by atoms with van der Waals surface area (Å²) in [5, 5.41) is -0.749. The summed E-state index contributed by atoms with van der Waals surface area (Å²) in [5.74, 6) is -0.473. The van der Waals surface area contributed by atoms with Crippen molar-refractivity contribution in [3.05, 3.63) is 29.8 Å². The second kappa shape index (κ2) is 5.76. The van der Waals surface area contributed by atoms with Gasteiger partial charge in [0.25, 0.3) is 0 Å². The first-order valence-electron chi connectivity index (χ1n) is 6.53. The second-order valence-electron chi connectivity index (χ2n) is 5.10. The fourth-order valence-electron chi connectivity index (χ4n) is 2.29. The van der Waals surface area contributed by atoms with Crippen LogP contribution in [0.25, 0.3) is 0 Å². The number of hydrogen-bond donors (Lipinski definition) is 1. The van der Waals surface area contributed by atoms with E-state index in [4.69, 9.17) is 0 Å². The highest BCUT2D eigenvalue weighted by Crippen LogP contribution is 2.23. The van der Waals surface area contributed by atoms with Crippen LogP contribution in [0.5, 0.6) is 0 Å². The summed E-state index contributed by atoms with van der Waals surface area (Å²) in [6.45, 7) is 1.36. The van der Waals surface area contributed by atoms with E-state index in [-0.39, 0.29) is 35.8 Å². The van der Waals surface area contributed by atoms with Gasteiger partial charge in [-0.05, 0) is 31.9 Å². The number of carbonyl (C=O) groups excluding carboxylic acids is 1. The Labute approximate surface area is 124 Å². The zero-order chi connectivity index (χ0) is 15.7. The topological polar surface area (TPSA) is 97.4 Å². The molecule has 0 atom stereocenters. The van der Waals surface area contributed by atoms with Crippen LogP contribution in [0, 0.1) is 0 Å². The van der Waals surface area contributed by atoms with Crippen LogP contribution in [0.2, 0.25) is 0 Å². The van der Waals surface area contributed by atoms with Crippen LogP contribution >= 0.6 is 0 Å². The van der Waals surface area contributed by atoms with Crippen LogP contribution < -0.4 is 4.72 Å². The lowest BCUT2D eigenvalue weighted by Crippen LogP contribution is -2.36. The molecule has 1 aromatic rings. The highest BCUT2D eigenvalue weighted by molar-refractivity contribution is 7.94. The van der Waals surface area contributed by atoms with Crippen LogP contribution in [-0.2, 0) is 19.9 Å². The Kier molecular flexibility index (Phi) is 4.38. The van der Waals surface area contributed by atoms with Crippen molar-refractivity contribution in [1.29, 1.82) is 0 Å². The van der Waals surface area contributed by atoms with Gasteiger partial charge in [0.15, 0.2) is 5.78 Å². The molecule has 0 bridgehead atoms. The monoisotopic (exact) mass is 331 g/mol. The van der Waals surface area contributed by atoms with E-state index in [0.29, 0.717) is 5.56 Å². The summed E-state index contributed by atoms with van der Waals surface area (Å²) in [5.41, 5.74) is 0.530. The maximum absolute atomic E-state index is 12.3. The summed E-state index contributed by atoms with van der Waals surface area (Å²) in [6.07, 6.45) is 0.166. The van der Waals surface area contributed by atoms with Gasteiger partial charge in [0, 0.05) is 5.56 Å². The van der Waals surface area contributed by atoms with E-state index in [1.807, 2.05) is 0 Å². The molecule has 0 amide bonds. The van der Waals surface area contributed by atoms with Gasteiger partial charge in [-0.2, -0.15) is 0 Å². The molecule has 21 heavy (non-hydrogen) atoms. The molecule has 1 aliphatic rings. The van der Waals surface area contributed by atoms with Crippen LogP contribution in [0.15, 0.2) is 24.3 Å². The van der Waals surface area contributed by atoms with Gasteiger partial charge in [-0.3, -0.25) is 9.52 Å². The summed E-state index contributed by atoms with van der Waals surface area (Å²) in [4.78, 5) is 11.5. The molecule has 1 N–H and O–H groups in total. The van der Waals surface area contributed by atoms with E-state index in [9.17, 15) is 21.6 Å². The van der Waals surface area contributed by atoms with E-state index >= 15 is 0 Å². The third-order valence-corrected chi connectivity index (χ3v) is 7.07. The standard InChI is InChI=1S/C13H17NO5S2/c1-10(15)12-4-2-3-5-13(12)14-21(18,19)11-6-8-20(16,17)9-7-11/h2-5,11,14H,6-9H2,1H3. The lowest BCUT2D eigenvalue weighted by Gasteiger charge is -2.23. The lowest BCUT2D eigenvalue weighted by atomic mass is 10.1. The predicted molar refractivity (Wildman–Crippen MR) is 80.7 cm³/mol. The Morgan fingerprint density at radius 1 is 1.19 bits per heavy atom. The molecule has 0 saturated carbocycles. The number of anilines is 1. The highest BCUT2D eigenvalue weighted by Gasteiger charge is 2.33. The first-order chi connectivity index (χ1) is 9.71. The van der Waals surface area contributed by atoms with E-state index in [1.165, 1.54) is 13.0 Å². The minimum Gasteiger partial charge on any atom is -0.294 e. The van der Waals surface area contributed by atoms with Crippen LogP contribution in [0.3, 0.4) is 0 Å². The molecule has 116 valence electrons. The molecule has 8 heteroatoms. The normalized spacial score (nSPS) is 19.1. The molecule has 0 radical (unpaired) electrons. The van der Waals surface area contributed by atoms with Crippen molar-refractivity contribution in [2.45, 2.75) is 25.0 Å².